The van der Waals surface area contributed by atoms with Gasteiger partial charge in [-0.05, 0) is 59.8 Å². The van der Waals surface area contributed by atoms with Crippen LogP contribution in [0.2, 0.25) is 0 Å². The number of rotatable bonds is 3. The van der Waals surface area contributed by atoms with Crippen LogP contribution in [0.15, 0.2) is 29.1 Å². The number of aromatic nitrogens is 4. The van der Waals surface area contributed by atoms with Crippen LogP contribution in [0.4, 0.5) is 11.5 Å². The van der Waals surface area contributed by atoms with Gasteiger partial charge in [0.2, 0.25) is 5.91 Å². The van der Waals surface area contributed by atoms with Crippen LogP contribution < -0.4 is 5.32 Å². The minimum absolute atomic E-state index is 0.0214. The first-order chi connectivity index (χ1) is 16.1. The molecule has 2 N–H and O–H groups in total. The third kappa shape index (κ3) is 3.70. The number of carbonyl (C=O) groups excluding carboxylic acids is 1. The summed E-state index contributed by atoms with van der Waals surface area (Å²) in [5.41, 5.74) is 3.17. The Bertz CT molecular complexity index is 1370. The summed E-state index contributed by atoms with van der Waals surface area (Å²) in [6.07, 6.45) is 5.88. The fourth-order valence-electron chi connectivity index (χ4n) is 4.89. The van der Waals surface area contributed by atoms with Crippen molar-refractivity contribution in [3.8, 4) is 0 Å². The summed E-state index contributed by atoms with van der Waals surface area (Å²) < 4.78 is 6.44. The number of hydrogen-bond acceptors (Lipinski definition) is 7. The lowest BCUT2D eigenvalue weighted by Crippen LogP contribution is -2.50. The molecular weight excluding hydrogens is 504 g/mol. The number of H-pyrrole nitrogens is 1. The van der Waals surface area contributed by atoms with Gasteiger partial charge in [-0.15, -0.1) is 11.3 Å². The van der Waals surface area contributed by atoms with E-state index in [9.17, 15) is 4.79 Å². The number of aryl methyl sites for hydroxylation is 1. The largest absolute Gasteiger partial charge is 0.377 e. The van der Waals surface area contributed by atoms with Crippen molar-refractivity contribution in [1.29, 1.82) is 0 Å². The molecule has 4 aromatic rings. The average molecular weight is 527 g/mol. The number of thiophene rings is 1. The highest BCUT2D eigenvalue weighted by molar-refractivity contribution is 9.10. The molecule has 1 saturated heterocycles. The quantitative estimate of drug-likeness (QED) is 0.410. The fraction of sp³-hybridized carbons (Fsp3) is 0.391. The third-order valence-electron chi connectivity index (χ3n) is 6.63. The van der Waals surface area contributed by atoms with Gasteiger partial charge in [-0.2, -0.15) is 5.10 Å². The smallest absolute Gasteiger partial charge is 0.226 e. The number of morpholine rings is 1. The highest BCUT2D eigenvalue weighted by Gasteiger charge is 2.34. The van der Waals surface area contributed by atoms with E-state index in [0.717, 1.165) is 56.4 Å². The predicted molar refractivity (Wildman–Crippen MR) is 132 cm³/mol. The van der Waals surface area contributed by atoms with Crippen LogP contribution in [0.1, 0.15) is 23.8 Å². The Morgan fingerprint density at radius 3 is 3.15 bits per heavy atom. The number of anilines is 2. The van der Waals surface area contributed by atoms with Crippen molar-refractivity contribution in [3.05, 3.63) is 39.6 Å². The van der Waals surface area contributed by atoms with Crippen LogP contribution in [-0.2, 0) is 22.4 Å². The van der Waals surface area contributed by atoms with Gasteiger partial charge >= 0.3 is 0 Å². The maximum atomic E-state index is 13.2. The van der Waals surface area contributed by atoms with Gasteiger partial charge in [-0.1, -0.05) is 0 Å². The normalized spacial score (nSPS) is 20.8. The van der Waals surface area contributed by atoms with Gasteiger partial charge < -0.3 is 15.0 Å². The van der Waals surface area contributed by atoms with Gasteiger partial charge in [0.15, 0.2) is 0 Å². The van der Waals surface area contributed by atoms with Crippen LogP contribution in [0, 0.1) is 5.92 Å². The lowest BCUT2D eigenvalue weighted by atomic mass is 9.86. The zero-order chi connectivity index (χ0) is 22.5. The fourth-order valence-corrected chi connectivity index (χ4v) is 6.60. The summed E-state index contributed by atoms with van der Waals surface area (Å²) in [6.45, 7) is 4.00. The molecule has 0 spiro atoms. The molecule has 0 saturated carbocycles. The lowest BCUT2D eigenvalue weighted by molar-refractivity contribution is -0.143. The minimum Gasteiger partial charge on any atom is -0.377 e. The van der Waals surface area contributed by atoms with Crippen molar-refractivity contribution < 1.29 is 9.53 Å². The van der Waals surface area contributed by atoms with Gasteiger partial charge in [-0.3, -0.25) is 9.89 Å². The summed E-state index contributed by atoms with van der Waals surface area (Å²) >= 11 is 5.34. The first-order valence-electron chi connectivity index (χ1n) is 11.1. The van der Waals surface area contributed by atoms with Crippen LogP contribution >= 0.6 is 27.3 Å². The third-order valence-corrected chi connectivity index (χ3v) is 8.44. The van der Waals surface area contributed by atoms with E-state index in [0.29, 0.717) is 19.8 Å². The van der Waals surface area contributed by atoms with Crippen LogP contribution in [0.5, 0.6) is 0 Å². The second-order valence-electron chi connectivity index (χ2n) is 8.72. The molecule has 2 atom stereocenters. The van der Waals surface area contributed by atoms with Crippen molar-refractivity contribution >= 4 is 65.8 Å². The molecule has 3 aromatic heterocycles. The lowest BCUT2D eigenvalue weighted by Gasteiger charge is -2.36. The number of hydrogen-bond donors (Lipinski definition) is 2. The second-order valence-corrected chi connectivity index (χ2v) is 10.7. The maximum absolute atomic E-state index is 13.2. The van der Waals surface area contributed by atoms with E-state index >= 15 is 0 Å². The first-order valence-corrected chi connectivity index (χ1v) is 12.7. The zero-order valence-electron chi connectivity index (χ0n) is 18.1. The molecule has 1 aromatic carbocycles. The van der Waals surface area contributed by atoms with E-state index in [1.165, 1.54) is 10.4 Å². The molecule has 4 heterocycles. The molecule has 8 nitrogen and oxygen atoms in total. The molecular formula is C23H23BrN6O2S. The number of amides is 1. The van der Waals surface area contributed by atoms with E-state index in [4.69, 9.17) is 4.74 Å². The van der Waals surface area contributed by atoms with Crippen molar-refractivity contribution in [2.24, 2.45) is 5.92 Å². The van der Waals surface area contributed by atoms with Gasteiger partial charge in [0.05, 0.1) is 42.0 Å². The molecule has 1 aliphatic heterocycles. The number of benzene rings is 1. The summed E-state index contributed by atoms with van der Waals surface area (Å²) in [5.74, 6) is 1.08. The molecule has 170 valence electrons. The first kappa shape index (κ1) is 21.0. The second kappa shape index (κ2) is 8.34. The van der Waals surface area contributed by atoms with E-state index in [1.807, 2.05) is 17.0 Å². The van der Waals surface area contributed by atoms with Gasteiger partial charge in [0, 0.05) is 27.2 Å². The van der Waals surface area contributed by atoms with Crippen molar-refractivity contribution in [2.75, 3.05) is 25.1 Å². The zero-order valence-corrected chi connectivity index (χ0v) is 20.5. The van der Waals surface area contributed by atoms with E-state index in [2.05, 4.69) is 48.3 Å². The highest BCUT2D eigenvalue weighted by atomic mass is 79.9. The molecule has 0 unspecified atom stereocenters. The molecule has 0 radical (unpaired) electrons. The molecule has 2 aliphatic rings. The number of halogens is 1. The summed E-state index contributed by atoms with van der Waals surface area (Å²) in [5, 5.41) is 12.7. The summed E-state index contributed by atoms with van der Waals surface area (Å²) in [7, 11) is 0. The summed E-state index contributed by atoms with van der Waals surface area (Å²) in [4.78, 5) is 26.6. The average Bonchev–Trinajstić information content (AvgIpc) is 3.42. The Labute approximate surface area is 202 Å². The monoisotopic (exact) mass is 526 g/mol. The number of fused-ring (bicyclic) bond motifs is 4. The van der Waals surface area contributed by atoms with Crippen LogP contribution in [-0.4, -0.2) is 56.8 Å². The van der Waals surface area contributed by atoms with E-state index in [-0.39, 0.29) is 17.9 Å². The van der Waals surface area contributed by atoms with Crippen molar-refractivity contribution in [2.45, 2.75) is 32.2 Å². The molecule has 33 heavy (non-hydrogen) atoms. The molecule has 1 amide bonds. The van der Waals surface area contributed by atoms with Gasteiger partial charge in [-0.25, -0.2) is 9.97 Å². The number of ether oxygens (including phenoxy) is 1. The van der Waals surface area contributed by atoms with Crippen molar-refractivity contribution in [1.82, 2.24) is 25.1 Å². The Kier molecular flexibility index (Phi) is 5.31. The Balaban J connectivity index is 1.31. The molecule has 6 rings (SSSR count). The number of nitrogens with one attached hydrogen (secondary N) is 2. The molecule has 1 fully saturated rings. The van der Waals surface area contributed by atoms with Gasteiger partial charge in [0.25, 0.3) is 0 Å². The Morgan fingerprint density at radius 2 is 2.27 bits per heavy atom. The number of aromatic amines is 1. The van der Waals surface area contributed by atoms with Crippen molar-refractivity contribution in [3.63, 3.8) is 0 Å². The van der Waals surface area contributed by atoms with E-state index in [1.54, 1.807) is 23.9 Å². The summed E-state index contributed by atoms with van der Waals surface area (Å²) in [6, 6.07) is 4.20. The molecule has 10 heteroatoms. The van der Waals surface area contributed by atoms with Crippen LogP contribution in [0.25, 0.3) is 21.1 Å². The maximum Gasteiger partial charge on any atom is 0.226 e. The van der Waals surface area contributed by atoms with E-state index < -0.39 is 0 Å². The number of nitrogens with zero attached hydrogens (tertiary/aromatic N) is 4. The topological polar surface area (TPSA) is 96.0 Å². The highest BCUT2D eigenvalue weighted by Crippen LogP contribution is 2.41. The van der Waals surface area contributed by atoms with Gasteiger partial charge in [0.1, 0.15) is 17.0 Å². The predicted octanol–water partition coefficient (Wildman–Crippen LogP) is 4.43. The van der Waals surface area contributed by atoms with Crippen LogP contribution in [0.3, 0.4) is 0 Å². The Hall–Kier alpha value is -2.56. The SMILES string of the molecule is C[C@H]1COCCN1C(=O)[C@H]1CCc2c(sc3ncnc(Nc4cc5cn[nH]c5cc4Br)c23)C1. The number of carbonyl (C=O) groups is 1. The Morgan fingerprint density at radius 1 is 1.36 bits per heavy atom. The molecule has 0 bridgehead atoms. The minimum atomic E-state index is 0.0214. The standard InChI is InChI=1S/C23H23BrN6O2S/c1-12-10-32-5-4-30(12)23(31)13-2-3-15-19(7-13)33-22-20(15)21(25-11-26-22)28-18-6-14-9-27-29-17(14)8-16(18)24/h6,8-9,11-13H,2-5,7,10H2,1H3,(H,27,29)(H,25,26,28)/t12-,13-/m0/s1. The molecule has 1 aliphatic carbocycles.